The van der Waals surface area contributed by atoms with Crippen LogP contribution in [0.5, 0.6) is 0 Å². The summed E-state index contributed by atoms with van der Waals surface area (Å²) in [7, 11) is 0. The molecule has 0 aromatic heterocycles. The number of urea groups is 1. The summed E-state index contributed by atoms with van der Waals surface area (Å²) in [6, 6.07) is -1.35. The highest BCUT2D eigenvalue weighted by atomic mass is 19.4. The van der Waals surface area contributed by atoms with Crippen LogP contribution < -0.4 is 10.6 Å². The van der Waals surface area contributed by atoms with E-state index in [0.29, 0.717) is 5.32 Å². The van der Waals surface area contributed by atoms with E-state index in [4.69, 9.17) is 0 Å². The van der Waals surface area contributed by atoms with E-state index in [0.717, 1.165) is 0 Å². The van der Waals surface area contributed by atoms with Crippen molar-refractivity contribution in [3.63, 3.8) is 0 Å². The highest BCUT2D eigenvalue weighted by molar-refractivity contribution is 5.73. The Morgan fingerprint density at radius 2 is 2.10 bits per heavy atom. The summed E-state index contributed by atoms with van der Waals surface area (Å²) in [5.74, 6) is 0. The predicted molar refractivity (Wildman–Crippen MR) is 27.3 cm³/mol. The number of nitrogens with zero attached hydrogens (tertiary/aromatic N) is 1. The van der Waals surface area contributed by atoms with Crippen LogP contribution in [-0.2, 0) is 0 Å². The molecule has 0 aromatic carbocycles. The minimum Gasteiger partial charge on any atom is -0.248 e. The molecule has 0 bridgehead atoms. The number of nitrogens with one attached hydrogen (secondary N) is 1. The summed E-state index contributed by atoms with van der Waals surface area (Å²) in [5.41, 5.74) is 0. The Hall–Kier alpha value is -0.940. The first-order chi connectivity index (χ1) is 4.45. The predicted octanol–water partition coefficient (Wildman–Crippen LogP) is 0.840. The molecule has 3 nitrogen and oxygen atoms in total. The van der Waals surface area contributed by atoms with Crippen molar-refractivity contribution in [2.24, 2.45) is 0 Å². The molecule has 59 valence electrons. The second kappa shape index (κ2) is 3.28. The van der Waals surface area contributed by atoms with E-state index in [1.54, 1.807) is 0 Å². The minimum absolute atomic E-state index is 0.0436. The summed E-state index contributed by atoms with van der Waals surface area (Å²) in [5, 5.41) is 3.65. The maximum Gasteiger partial charge on any atom is 0.486 e. The molecule has 0 aliphatic heterocycles. The average Bonchev–Trinajstić information content (AvgIpc) is 1.59. The lowest BCUT2D eigenvalue weighted by molar-refractivity contribution is -0.145. The van der Waals surface area contributed by atoms with Crippen LogP contribution in [0.4, 0.5) is 18.0 Å². The Kier molecular flexibility index (Phi) is 2.98. The Morgan fingerprint density at radius 3 is 2.40 bits per heavy atom. The van der Waals surface area contributed by atoms with E-state index in [9.17, 15) is 18.0 Å². The number of carbonyl (C=O) groups is 1. The third-order valence-electron chi connectivity index (χ3n) is 0.550. The molecule has 0 saturated heterocycles. The van der Waals surface area contributed by atoms with Crippen LogP contribution in [0, 0.1) is 0 Å². The van der Waals surface area contributed by atoms with E-state index in [2.05, 4.69) is 5.32 Å². The zero-order valence-electron chi connectivity index (χ0n) is 5.20. The molecule has 0 unspecified atom stereocenters. The van der Waals surface area contributed by atoms with Crippen molar-refractivity contribution < 1.29 is 18.0 Å². The van der Waals surface area contributed by atoms with Crippen LogP contribution in [0.2, 0.25) is 0 Å². The van der Waals surface area contributed by atoms with Gasteiger partial charge < -0.3 is 0 Å². The number of halogens is 3. The lowest BCUT2D eigenvalue weighted by Gasteiger charge is -2.05. The fourth-order valence-electron chi connectivity index (χ4n) is 0.304. The Morgan fingerprint density at radius 1 is 1.60 bits per heavy atom. The molecule has 0 aromatic rings. The van der Waals surface area contributed by atoms with Crippen molar-refractivity contribution in [1.82, 2.24) is 10.6 Å². The summed E-state index contributed by atoms with van der Waals surface area (Å²) in [6.45, 7) is 1.51. The van der Waals surface area contributed by atoms with Gasteiger partial charge in [-0.15, -0.1) is 0 Å². The molecular weight excluding hydrogens is 149 g/mol. The van der Waals surface area contributed by atoms with Gasteiger partial charge in [0.05, 0.1) is 0 Å². The fourth-order valence-corrected chi connectivity index (χ4v) is 0.304. The van der Waals surface area contributed by atoms with Gasteiger partial charge in [-0.2, -0.15) is 13.2 Å². The first-order valence-corrected chi connectivity index (χ1v) is 2.52. The Labute approximate surface area is 55.6 Å². The highest BCUT2D eigenvalue weighted by Gasteiger charge is 2.29. The van der Waals surface area contributed by atoms with Crippen LogP contribution >= 0.6 is 0 Å². The summed E-state index contributed by atoms with van der Waals surface area (Å²) in [6.07, 6.45) is -4.67. The van der Waals surface area contributed by atoms with Gasteiger partial charge in [-0.3, -0.25) is 0 Å². The van der Waals surface area contributed by atoms with E-state index >= 15 is 0 Å². The van der Waals surface area contributed by atoms with Crippen LogP contribution in [0.15, 0.2) is 0 Å². The maximum atomic E-state index is 11.2. The molecule has 6 heteroatoms. The molecule has 1 radical (unpaired) electrons. The number of alkyl halides is 3. The lowest BCUT2D eigenvalue weighted by atomic mass is 10.7. The van der Waals surface area contributed by atoms with Gasteiger partial charge in [0.1, 0.15) is 0 Å². The van der Waals surface area contributed by atoms with Crippen molar-refractivity contribution in [3.05, 3.63) is 0 Å². The van der Waals surface area contributed by atoms with Crippen molar-refractivity contribution in [3.8, 4) is 0 Å². The fraction of sp³-hybridized carbons (Fsp3) is 0.750. The van der Waals surface area contributed by atoms with Crippen molar-refractivity contribution in [2.75, 3.05) is 6.54 Å². The van der Waals surface area contributed by atoms with Gasteiger partial charge in [0, 0.05) is 6.54 Å². The summed E-state index contributed by atoms with van der Waals surface area (Å²) >= 11 is 0. The third-order valence-corrected chi connectivity index (χ3v) is 0.550. The number of rotatable bonds is 1. The summed E-state index contributed by atoms with van der Waals surface area (Å²) < 4.78 is 33.7. The monoisotopic (exact) mass is 155 g/mol. The topological polar surface area (TPSA) is 43.2 Å². The SMILES string of the molecule is CC[N]C(=O)NC(F)(F)F. The zero-order valence-corrected chi connectivity index (χ0v) is 5.20. The molecule has 0 spiro atoms. The average molecular weight is 155 g/mol. The quantitative estimate of drug-likeness (QED) is 0.560. The lowest BCUT2D eigenvalue weighted by Crippen LogP contribution is -2.40. The van der Waals surface area contributed by atoms with E-state index < -0.39 is 12.3 Å². The van der Waals surface area contributed by atoms with Crippen LogP contribution in [0.3, 0.4) is 0 Å². The number of hydrogen-bond acceptors (Lipinski definition) is 1. The molecule has 0 aliphatic carbocycles. The molecule has 0 atom stereocenters. The van der Waals surface area contributed by atoms with Gasteiger partial charge in [-0.05, 0) is 6.92 Å². The maximum absolute atomic E-state index is 11.2. The standard InChI is InChI=1S/C4H6F3N2O/c1-2-8-3(10)9-4(5,6)7/h2H2,1H3,(H,9,10). The number of amides is 2. The van der Waals surface area contributed by atoms with Gasteiger partial charge in [0.2, 0.25) is 0 Å². The normalized spacial score (nSPS) is 10.8. The van der Waals surface area contributed by atoms with Crippen molar-refractivity contribution >= 4 is 6.03 Å². The smallest absolute Gasteiger partial charge is 0.248 e. The Bertz CT molecular complexity index is 122. The second-order valence-corrected chi connectivity index (χ2v) is 1.40. The first kappa shape index (κ1) is 9.06. The first-order valence-electron chi connectivity index (χ1n) is 2.52. The van der Waals surface area contributed by atoms with Gasteiger partial charge in [-0.1, -0.05) is 0 Å². The van der Waals surface area contributed by atoms with Crippen molar-refractivity contribution in [2.45, 2.75) is 13.2 Å². The van der Waals surface area contributed by atoms with Crippen LogP contribution in [-0.4, -0.2) is 18.9 Å². The zero-order chi connectivity index (χ0) is 8.20. The van der Waals surface area contributed by atoms with Crippen LogP contribution in [0.1, 0.15) is 6.92 Å². The van der Waals surface area contributed by atoms with E-state index in [-0.39, 0.29) is 6.54 Å². The van der Waals surface area contributed by atoms with Gasteiger partial charge >= 0.3 is 12.3 Å². The highest BCUT2D eigenvalue weighted by Crippen LogP contribution is 2.08. The summed E-state index contributed by atoms with van der Waals surface area (Å²) in [4.78, 5) is 10.1. The van der Waals surface area contributed by atoms with E-state index in [1.165, 1.54) is 6.92 Å². The number of hydrogen-bond donors (Lipinski definition) is 1. The molecule has 0 aliphatic rings. The van der Waals surface area contributed by atoms with E-state index in [1.807, 2.05) is 0 Å². The number of carbonyl (C=O) groups excluding carboxylic acids is 1. The van der Waals surface area contributed by atoms with Gasteiger partial charge in [0.25, 0.3) is 0 Å². The molecule has 0 heterocycles. The van der Waals surface area contributed by atoms with Crippen molar-refractivity contribution in [1.29, 1.82) is 0 Å². The van der Waals surface area contributed by atoms with Gasteiger partial charge in [-0.25, -0.2) is 15.4 Å². The molecular formula is C4H6F3N2O. The Balaban J connectivity index is 3.58. The van der Waals surface area contributed by atoms with Crippen LogP contribution in [0.25, 0.3) is 0 Å². The molecule has 0 fully saturated rings. The molecule has 0 rings (SSSR count). The largest absolute Gasteiger partial charge is 0.486 e. The molecule has 0 saturated carbocycles. The minimum atomic E-state index is -4.67. The molecule has 1 N–H and O–H groups in total. The third kappa shape index (κ3) is 5.20. The van der Waals surface area contributed by atoms with Gasteiger partial charge in [0.15, 0.2) is 0 Å². The molecule has 10 heavy (non-hydrogen) atoms. The molecule has 2 amide bonds. The second-order valence-electron chi connectivity index (χ2n) is 1.40.